The van der Waals surface area contributed by atoms with Crippen molar-refractivity contribution in [2.24, 2.45) is 0 Å². The highest BCUT2D eigenvalue weighted by molar-refractivity contribution is 4.37. The Morgan fingerprint density at radius 2 is 2.09 bits per heavy atom. The molecule has 0 radical (unpaired) electrons. The Hall–Kier alpha value is -0.840. The Morgan fingerprint density at radius 1 is 1.45 bits per heavy atom. The second kappa shape index (κ2) is 5.91. The van der Waals surface area contributed by atoms with E-state index in [2.05, 4.69) is 4.84 Å². The Balaban J connectivity index is 2.97. The molecule has 0 bridgehead atoms. The van der Waals surface area contributed by atoms with Crippen LogP contribution in [0.15, 0.2) is 0 Å². The molecule has 0 amide bonds. The van der Waals surface area contributed by atoms with E-state index >= 15 is 0 Å². The summed E-state index contributed by atoms with van der Waals surface area (Å²) < 4.78 is 5.12. The summed E-state index contributed by atoms with van der Waals surface area (Å²) >= 11 is 0. The highest BCUT2D eigenvalue weighted by atomic mass is 16.9. The van der Waals surface area contributed by atoms with Crippen LogP contribution in [0.3, 0.4) is 0 Å². The van der Waals surface area contributed by atoms with Gasteiger partial charge >= 0.3 is 0 Å². The minimum Gasteiger partial charge on any atom is -0.379 e. The second-order valence-electron chi connectivity index (χ2n) is 2.33. The Labute approximate surface area is 65.4 Å². The first-order chi connectivity index (χ1) is 5.13. The number of hydrogen-bond donors (Lipinski definition) is 0. The van der Waals surface area contributed by atoms with Crippen LogP contribution in [-0.4, -0.2) is 24.4 Å². The van der Waals surface area contributed by atoms with Gasteiger partial charge in [0.25, 0.3) is 5.09 Å². The molecule has 5 nitrogen and oxygen atoms in total. The van der Waals surface area contributed by atoms with Gasteiger partial charge < -0.3 is 9.57 Å². The average Bonchev–Trinajstić information content (AvgIpc) is 1.85. The fourth-order valence-corrected chi connectivity index (χ4v) is 0.517. The Kier molecular flexibility index (Phi) is 5.46. The molecule has 0 unspecified atom stereocenters. The lowest BCUT2D eigenvalue weighted by atomic mass is 10.4. The van der Waals surface area contributed by atoms with Crippen LogP contribution in [0.4, 0.5) is 0 Å². The third kappa shape index (κ3) is 9.16. The molecule has 5 heteroatoms. The fourth-order valence-electron chi connectivity index (χ4n) is 0.517. The molecule has 0 fully saturated rings. The largest absolute Gasteiger partial charge is 0.379 e. The molecule has 0 aromatic heterocycles. The predicted molar refractivity (Wildman–Crippen MR) is 38.7 cm³/mol. The molecule has 0 aromatic carbocycles. The van der Waals surface area contributed by atoms with E-state index in [0.29, 0.717) is 13.0 Å². The van der Waals surface area contributed by atoms with Gasteiger partial charge in [0, 0.05) is 6.61 Å². The van der Waals surface area contributed by atoms with Gasteiger partial charge in [0.15, 0.2) is 0 Å². The van der Waals surface area contributed by atoms with Gasteiger partial charge in [0.05, 0.1) is 12.7 Å². The van der Waals surface area contributed by atoms with E-state index in [1.807, 2.05) is 13.8 Å². The van der Waals surface area contributed by atoms with E-state index in [1.165, 1.54) is 0 Å². The first kappa shape index (κ1) is 10.2. The van der Waals surface area contributed by atoms with Crippen molar-refractivity contribution >= 4 is 0 Å². The summed E-state index contributed by atoms with van der Waals surface area (Å²) in [6.07, 6.45) is 0.727. The van der Waals surface area contributed by atoms with E-state index in [1.54, 1.807) is 0 Å². The van der Waals surface area contributed by atoms with Crippen molar-refractivity contribution in [3.8, 4) is 0 Å². The van der Waals surface area contributed by atoms with Crippen molar-refractivity contribution in [1.82, 2.24) is 0 Å². The van der Waals surface area contributed by atoms with Gasteiger partial charge in [-0.25, -0.2) is 0 Å². The van der Waals surface area contributed by atoms with E-state index in [4.69, 9.17) is 4.74 Å². The van der Waals surface area contributed by atoms with Crippen molar-refractivity contribution in [3.63, 3.8) is 0 Å². The number of nitrogens with zero attached hydrogens (tertiary/aromatic N) is 1. The van der Waals surface area contributed by atoms with Gasteiger partial charge in [-0.05, 0) is 20.3 Å². The monoisotopic (exact) mass is 163 g/mol. The first-order valence-electron chi connectivity index (χ1n) is 3.52. The number of hydrogen-bond acceptors (Lipinski definition) is 4. The molecule has 0 saturated carbocycles. The van der Waals surface area contributed by atoms with E-state index in [0.717, 1.165) is 0 Å². The summed E-state index contributed by atoms with van der Waals surface area (Å²) in [7, 11) is 0. The molecule has 0 atom stereocenters. The molecule has 0 N–H and O–H groups in total. The minimum atomic E-state index is -0.796. The van der Waals surface area contributed by atoms with Gasteiger partial charge in [-0.3, -0.25) is 0 Å². The van der Waals surface area contributed by atoms with Crippen LogP contribution in [0.1, 0.15) is 20.3 Å². The first-order valence-corrected chi connectivity index (χ1v) is 3.52. The summed E-state index contributed by atoms with van der Waals surface area (Å²) in [5.41, 5.74) is 0. The maximum atomic E-state index is 9.64. The van der Waals surface area contributed by atoms with Crippen LogP contribution in [0.2, 0.25) is 0 Å². The normalized spacial score (nSPS) is 10.1. The third-order valence-corrected chi connectivity index (χ3v) is 0.937. The molecule has 0 aliphatic heterocycles. The lowest BCUT2D eigenvalue weighted by Gasteiger charge is -2.05. The van der Waals surface area contributed by atoms with Crippen LogP contribution in [-0.2, 0) is 9.57 Å². The van der Waals surface area contributed by atoms with Crippen LogP contribution in [0.5, 0.6) is 0 Å². The summed E-state index contributed by atoms with van der Waals surface area (Å²) in [6, 6.07) is 0. The molecule has 0 rings (SSSR count). The molecule has 0 spiro atoms. The lowest BCUT2D eigenvalue weighted by molar-refractivity contribution is -0.757. The van der Waals surface area contributed by atoms with Gasteiger partial charge in [-0.2, -0.15) is 0 Å². The summed E-state index contributed by atoms with van der Waals surface area (Å²) in [6.45, 7) is 4.44. The van der Waals surface area contributed by atoms with Crippen molar-refractivity contribution in [3.05, 3.63) is 10.1 Å². The molecule has 0 heterocycles. The number of ether oxygens (including phenoxy) is 1. The molecular weight excluding hydrogens is 150 g/mol. The number of rotatable bonds is 6. The van der Waals surface area contributed by atoms with Crippen molar-refractivity contribution < 1.29 is 14.7 Å². The third-order valence-electron chi connectivity index (χ3n) is 0.937. The molecule has 0 aromatic rings. The summed E-state index contributed by atoms with van der Waals surface area (Å²) in [5, 5.41) is 8.84. The fraction of sp³-hybridized carbons (Fsp3) is 1.00. The van der Waals surface area contributed by atoms with Gasteiger partial charge in [0.2, 0.25) is 0 Å². The zero-order chi connectivity index (χ0) is 8.69. The topological polar surface area (TPSA) is 61.6 Å². The highest BCUT2D eigenvalue weighted by Gasteiger charge is 1.95. The van der Waals surface area contributed by atoms with Gasteiger partial charge in [-0.15, -0.1) is 10.1 Å². The van der Waals surface area contributed by atoms with Crippen LogP contribution in [0.25, 0.3) is 0 Å². The van der Waals surface area contributed by atoms with Crippen LogP contribution < -0.4 is 0 Å². The Bertz CT molecular complexity index is 115. The van der Waals surface area contributed by atoms with Crippen molar-refractivity contribution in [1.29, 1.82) is 0 Å². The standard InChI is InChI=1S/C6H13NO4/c1-6(2)10-4-3-5-11-7(8)9/h6H,3-5H2,1-2H3. The van der Waals surface area contributed by atoms with Crippen LogP contribution >= 0.6 is 0 Å². The predicted octanol–water partition coefficient (Wildman–Crippen LogP) is 1.01. The summed E-state index contributed by atoms with van der Waals surface area (Å²) in [5.74, 6) is 0. The maximum Gasteiger partial charge on any atom is 0.294 e. The molecule has 0 aliphatic rings. The minimum absolute atomic E-state index is 0.111. The zero-order valence-corrected chi connectivity index (χ0v) is 6.78. The van der Waals surface area contributed by atoms with E-state index in [9.17, 15) is 10.1 Å². The smallest absolute Gasteiger partial charge is 0.294 e. The molecule has 0 saturated heterocycles. The van der Waals surface area contributed by atoms with Crippen molar-refractivity contribution in [2.75, 3.05) is 13.2 Å². The van der Waals surface area contributed by atoms with Crippen LogP contribution in [0, 0.1) is 10.1 Å². The lowest BCUT2D eigenvalue weighted by Crippen LogP contribution is -2.08. The zero-order valence-electron chi connectivity index (χ0n) is 6.78. The van der Waals surface area contributed by atoms with Crippen molar-refractivity contribution in [2.45, 2.75) is 26.4 Å². The summed E-state index contributed by atoms with van der Waals surface area (Å²) in [4.78, 5) is 13.7. The quantitative estimate of drug-likeness (QED) is 0.333. The molecule has 11 heavy (non-hydrogen) atoms. The second-order valence-corrected chi connectivity index (χ2v) is 2.33. The molecular formula is C6H13NO4. The van der Waals surface area contributed by atoms with Gasteiger partial charge in [0.1, 0.15) is 0 Å². The van der Waals surface area contributed by atoms with E-state index in [-0.39, 0.29) is 12.7 Å². The Morgan fingerprint density at radius 3 is 2.55 bits per heavy atom. The highest BCUT2D eigenvalue weighted by Crippen LogP contribution is 1.90. The SMILES string of the molecule is CC(C)OCCCO[N+](=O)[O-]. The average molecular weight is 163 g/mol. The maximum absolute atomic E-state index is 9.64. The molecule has 66 valence electrons. The van der Waals surface area contributed by atoms with Gasteiger partial charge in [-0.1, -0.05) is 0 Å². The molecule has 0 aliphatic carbocycles. The van der Waals surface area contributed by atoms with E-state index < -0.39 is 5.09 Å².